The lowest BCUT2D eigenvalue weighted by Gasteiger charge is -2.19. The fraction of sp³-hybridized carbons (Fsp3) is 0.471. The van der Waals surface area contributed by atoms with Crippen molar-refractivity contribution in [1.29, 1.82) is 0 Å². The molecule has 112 valence electrons. The minimum atomic E-state index is -0.587. The summed E-state index contributed by atoms with van der Waals surface area (Å²) < 4.78 is 14.0. The molecule has 3 atom stereocenters. The molecule has 2 rings (SSSR count). The third-order valence-electron chi connectivity index (χ3n) is 4.31. The number of carbonyl (C=O) groups is 1. The predicted molar refractivity (Wildman–Crippen MR) is 79.2 cm³/mol. The summed E-state index contributed by atoms with van der Waals surface area (Å²) in [5.41, 5.74) is 0.484. The molecule has 1 saturated carbocycles. The maximum atomic E-state index is 14.0. The van der Waals surface area contributed by atoms with Crippen molar-refractivity contribution in [3.05, 3.63) is 35.1 Å². The Kier molecular flexibility index (Phi) is 4.98. The van der Waals surface area contributed by atoms with Crippen molar-refractivity contribution in [2.45, 2.75) is 32.7 Å². The van der Waals surface area contributed by atoms with E-state index in [0.29, 0.717) is 17.4 Å². The van der Waals surface area contributed by atoms with Crippen LogP contribution in [0.2, 0.25) is 0 Å². The molecule has 2 N–H and O–H groups in total. The highest BCUT2D eigenvalue weighted by atomic mass is 19.1. The number of aliphatic hydroxyl groups excluding tert-OH is 1. The van der Waals surface area contributed by atoms with E-state index in [-0.39, 0.29) is 24.1 Å². The van der Waals surface area contributed by atoms with Gasteiger partial charge in [-0.1, -0.05) is 25.7 Å². The van der Waals surface area contributed by atoms with Crippen LogP contribution in [-0.4, -0.2) is 23.7 Å². The lowest BCUT2D eigenvalue weighted by Crippen LogP contribution is -2.37. The van der Waals surface area contributed by atoms with Gasteiger partial charge in [0.05, 0.1) is 5.56 Å². The van der Waals surface area contributed by atoms with Gasteiger partial charge in [0.1, 0.15) is 12.4 Å². The second kappa shape index (κ2) is 6.73. The summed E-state index contributed by atoms with van der Waals surface area (Å²) in [6, 6.07) is 4.36. The standard InChI is InChI=1S/C17H20FNO2/c1-11-5-8-16(12(11)2)19-17(21)14-7-6-13(4-3-9-20)10-15(14)18/h6-7,10-12,16,20H,5,8-9H2,1-2H3,(H,19,21). The molecule has 1 aromatic carbocycles. The van der Waals surface area contributed by atoms with Crippen molar-refractivity contribution in [2.24, 2.45) is 11.8 Å². The van der Waals surface area contributed by atoms with Crippen LogP contribution in [0.25, 0.3) is 0 Å². The van der Waals surface area contributed by atoms with Crippen molar-refractivity contribution in [3.63, 3.8) is 0 Å². The van der Waals surface area contributed by atoms with Crippen LogP contribution >= 0.6 is 0 Å². The maximum Gasteiger partial charge on any atom is 0.254 e. The van der Waals surface area contributed by atoms with E-state index in [4.69, 9.17) is 5.11 Å². The zero-order chi connectivity index (χ0) is 15.4. The van der Waals surface area contributed by atoms with Crippen molar-refractivity contribution in [1.82, 2.24) is 5.32 Å². The Bertz CT molecular complexity index is 588. The highest BCUT2D eigenvalue weighted by molar-refractivity contribution is 5.94. The molecule has 0 aromatic heterocycles. The molecule has 3 unspecified atom stereocenters. The number of rotatable bonds is 2. The molecule has 21 heavy (non-hydrogen) atoms. The van der Waals surface area contributed by atoms with Gasteiger partial charge in [0.25, 0.3) is 5.91 Å². The number of nitrogens with one attached hydrogen (secondary N) is 1. The maximum absolute atomic E-state index is 14.0. The van der Waals surface area contributed by atoms with Crippen molar-refractivity contribution in [3.8, 4) is 11.8 Å². The fourth-order valence-corrected chi connectivity index (χ4v) is 2.73. The van der Waals surface area contributed by atoms with Gasteiger partial charge in [0.2, 0.25) is 0 Å². The van der Waals surface area contributed by atoms with Gasteiger partial charge < -0.3 is 10.4 Å². The van der Waals surface area contributed by atoms with Crippen LogP contribution in [0.1, 0.15) is 42.6 Å². The number of halogens is 1. The van der Waals surface area contributed by atoms with Crippen LogP contribution in [0, 0.1) is 29.5 Å². The molecule has 1 aromatic rings. The number of hydrogen-bond acceptors (Lipinski definition) is 2. The van der Waals surface area contributed by atoms with E-state index in [9.17, 15) is 9.18 Å². The second-order valence-corrected chi connectivity index (χ2v) is 5.65. The summed E-state index contributed by atoms with van der Waals surface area (Å²) in [5, 5.41) is 11.5. The lowest BCUT2D eigenvalue weighted by atomic mass is 9.97. The summed E-state index contributed by atoms with van der Waals surface area (Å²) >= 11 is 0. The van der Waals surface area contributed by atoms with Crippen LogP contribution in [0.5, 0.6) is 0 Å². The average Bonchev–Trinajstić information content (AvgIpc) is 2.77. The molecule has 3 nitrogen and oxygen atoms in total. The Morgan fingerprint density at radius 1 is 1.43 bits per heavy atom. The van der Waals surface area contributed by atoms with Gasteiger partial charge in [-0.2, -0.15) is 0 Å². The highest BCUT2D eigenvalue weighted by Gasteiger charge is 2.31. The van der Waals surface area contributed by atoms with E-state index >= 15 is 0 Å². The Hall–Kier alpha value is -1.86. The molecule has 0 spiro atoms. The molecular weight excluding hydrogens is 269 g/mol. The molecule has 1 fully saturated rings. The Labute approximate surface area is 124 Å². The van der Waals surface area contributed by atoms with Gasteiger partial charge in [0, 0.05) is 11.6 Å². The molecule has 0 saturated heterocycles. The summed E-state index contributed by atoms with van der Waals surface area (Å²) in [4.78, 5) is 12.2. The third kappa shape index (κ3) is 3.62. The van der Waals surface area contributed by atoms with E-state index in [2.05, 4.69) is 31.0 Å². The molecule has 0 aliphatic heterocycles. The van der Waals surface area contributed by atoms with Crippen LogP contribution in [0.3, 0.4) is 0 Å². The Morgan fingerprint density at radius 2 is 2.19 bits per heavy atom. The molecule has 4 heteroatoms. The SMILES string of the molecule is CC1CCC(NC(=O)c2ccc(C#CCO)cc2F)C1C. The zero-order valence-corrected chi connectivity index (χ0v) is 12.3. The van der Waals surface area contributed by atoms with Gasteiger partial charge >= 0.3 is 0 Å². The number of amides is 1. The summed E-state index contributed by atoms with van der Waals surface area (Å²) in [5.74, 6) is 5.09. The van der Waals surface area contributed by atoms with Gasteiger partial charge in [0.15, 0.2) is 0 Å². The van der Waals surface area contributed by atoms with Gasteiger partial charge in [-0.15, -0.1) is 0 Å². The predicted octanol–water partition coefficient (Wildman–Crippen LogP) is 2.33. The molecule has 0 radical (unpaired) electrons. The summed E-state index contributed by atoms with van der Waals surface area (Å²) in [6.07, 6.45) is 2.03. The second-order valence-electron chi connectivity index (χ2n) is 5.65. The minimum Gasteiger partial charge on any atom is -0.384 e. The van der Waals surface area contributed by atoms with Crippen molar-refractivity contribution >= 4 is 5.91 Å². The summed E-state index contributed by atoms with van der Waals surface area (Å²) in [6.45, 7) is 4.01. The van der Waals surface area contributed by atoms with E-state index < -0.39 is 5.82 Å². The monoisotopic (exact) mass is 289 g/mol. The first-order chi connectivity index (χ1) is 10.0. The highest BCUT2D eigenvalue weighted by Crippen LogP contribution is 2.31. The van der Waals surface area contributed by atoms with Crippen LogP contribution in [0.15, 0.2) is 18.2 Å². The molecule has 1 amide bonds. The molecule has 0 heterocycles. The minimum absolute atomic E-state index is 0.0382. The molecular formula is C17H20FNO2. The van der Waals surface area contributed by atoms with Crippen LogP contribution in [-0.2, 0) is 0 Å². The van der Waals surface area contributed by atoms with Gasteiger partial charge in [-0.05, 0) is 42.9 Å². The summed E-state index contributed by atoms with van der Waals surface area (Å²) in [7, 11) is 0. The smallest absolute Gasteiger partial charge is 0.254 e. The average molecular weight is 289 g/mol. The number of benzene rings is 1. The number of hydrogen-bond donors (Lipinski definition) is 2. The van der Waals surface area contributed by atoms with Gasteiger partial charge in [-0.25, -0.2) is 4.39 Å². The Balaban J connectivity index is 2.09. The Morgan fingerprint density at radius 3 is 2.76 bits per heavy atom. The first kappa shape index (κ1) is 15.5. The number of aliphatic hydroxyl groups is 1. The number of carbonyl (C=O) groups excluding carboxylic acids is 1. The fourth-order valence-electron chi connectivity index (χ4n) is 2.73. The van der Waals surface area contributed by atoms with Crippen LogP contribution < -0.4 is 5.32 Å². The van der Waals surface area contributed by atoms with E-state index in [1.807, 2.05) is 0 Å². The quantitative estimate of drug-likeness (QED) is 0.821. The normalized spacial score (nSPS) is 24.3. The zero-order valence-electron chi connectivity index (χ0n) is 12.3. The van der Waals surface area contributed by atoms with Gasteiger partial charge in [-0.3, -0.25) is 4.79 Å². The largest absolute Gasteiger partial charge is 0.384 e. The van der Waals surface area contributed by atoms with E-state index in [1.165, 1.54) is 12.1 Å². The molecule has 1 aliphatic carbocycles. The third-order valence-corrected chi connectivity index (χ3v) is 4.31. The van der Waals surface area contributed by atoms with Crippen molar-refractivity contribution in [2.75, 3.05) is 6.61 Å². The van der Waals surface area contributed by atoms with Crippen LogP contribution in [0.4, 0.5) is 4.39 Å². The lowest BCUT2D eigenvalue weighted by molar-refractivity contribution is 0.0923. The first-order valence-corrected chi connectivity index (χ1v) is 7.23. The van der Waals surface area contributed by atoms with E-state index in [1.54, 1.807) is 6.07 Å². The first-order valence-electron chi connectivity index (χ1n) is 7.23. The molecule has 1 aliphatic rings. The van der Waals surface area contributed by atoms with E-state index in [0.717, 1.165) is 12.8 Å². The van der Waals surface area contributed by atoms with Crippen molar-refractivity contribution < 1.29 is 14.3 Å². The topological polar surface area (TPSA) is 49.3 Å². The molecule has 0 bridgehead atoms.